The number of aryl methyl sites for hydroxylation is 1. The van der Waals surface area contributed by atoms with Crippen molar-refractivity contribution in [3.63, 3.8) is 0 Å². The molecule has 0 unspecified atom stereocenters. The summed E-state index contributed by atoms with van der Waals surface area (Å²) in [4.78, 5) is 19.0. The molecule has 7 heteroatoms. The Kier molecular flexibility index (Phi) is 5.11. The standard InChI is InChI=1S/C18H28N6O/c1-5-16-14(9-20-24(16)10-13(3)4)21-18(25)23-8-7-17-15(11-23)19-12-22(17)6-2/h9,12-13H,5-8,10-11H2,1-4H3,(H,21,25). The lowest BCUT2D eigenvalue weighted by molar-refractivity contribution is 0.205. The Hall–Kier alpha value is -2.31. The van der Waals surface area contributed by atoms with E-state index in [4.69, 9.17) is 0 Å². The molecular formula is C18H28N6O. The van der Waals surface area contributed by atoms with Crippen LogP contribution < -0.4 is 5.32 Å². The number of aromatic nitrogens is 4. The Morgan fingerprint density at radius 3 is 2.84 bits per heavy atom. The molecule has 0 atom stereocenters. The highest BCUT2D eigenvalue weighted by atomic mass is 16.2. The maximum absolute atomic E-state index is 12.7. The minimum absolute atomic E-state index is 0.0736. The average Bonchev–Trinajstić information content (AvgIpc) is 3.17. The Balaban J connectivity index is 1.70. The van der Waals surface area contributed by atoms with E-state index in [0.29, 0.717) is 19.0 Å². The van der Waals surface area contributed by atoms with Gasteiger partial charge in [-0.05, 0) is 19.3 Å². The lowest BCUT2D eigenvalue weighted by Gasteiger charge is -2.27. The van der Waals surface area contributed by atoms with Crippen molar-refractivity contribution < 1.29 is 4.79 Å². The largest absolute Gasteiger partial charge is 0.334 e. The highest BCUT2D eigenvalue weighted by Gasteiger charge is 2.25. The normalized spacial score (nSPS) is 14.0. The first-order valence-corrected chi connectivity index (χ1v) is 9.16. The predicted octanol–water partition coefficient (Wildman–Crippen LogP) is 2.91. The van der Waals surface area contributed by atoms with Crippen LogP contribution in [-0.4, -0.2) is 36.8 Å². The number of amides is 2. The van der Waals surface area contributed by atoms with E-state index in [0.717, 1.165) is 43.0 Å². The fraction of sp³-hybridized carbons (Fsp3) is 0.611. The minimum Gasteiger partial charge on any atom is -0.334 e. The molecule has 1 aliphatic rings. The molecule has 136 valence electrons. The van der Waals surface area contributed by atoms with Gasteiger partial charge in [0.25, 0.3) is 0 Å². The van der Waals surface area contributed by atoms with E-state index in [-0.39, 0.29) is 6.03 Å². The highest BCUT2D eigenvalue weighted by Crippen LogP contribution is 2.21. The van der Waals surface area contributed by atoms with Gasteiger partial charge in [0, 0.05) is 31.7 Å². The summed E-state index contributed by atoms with van der Waals surface area (Å²) in [6, 6.07) is -0.0736. The summed E-state index contributed by atoms with van der Waals surface area (Å²) in [5.41, 5.74) is 4.16. The number of imidazole rings is 1. The number of carbonyl (C=O) groups excluding carboxylic acids is 1. The van der Waals surface area contributed by atoms with Crippen molar-refractivity contribution >= 4 is 11.7 Å². The number of rotatable bonds is 5. The number of hydrogen-bond donors (Lipinski definition) is 1. The second kappa shape index (κ2) is 7.29. The van der Waals surface area contributed by atoms with Crippen molar-refractivity contribution in [2.75, 3.05) is 11.9 Å². The molecule has 2 aromatic rings. The van der Waals surface area contributed by atoms with E-state index in [1.807, 2.05) is 15.9 Å². The molecule has 2 amide bonds. The zero-order chi connectivity index (χ0) is 18.0. The summed E-state index contributed by atoms with van der Waals surface area (Å²) in [6.45, 7) is 11.6. The van der Waals surface area contributed by atoms with Gasteiger partial charge in [0.05, 0.1) is 36.1 Å². The van der Waals surface area contributed by atoms with E-state index in [1.165, 1.54) is 5.69 Å². The predicted molar refractivity (Wildman–Crippen MR) is 97.5 cm³/mol. The fourth-order valence-electron chi connectivity index (χ4n) is 3.40. The van der Waals surface area contributed by atoms with Gasteiger partial charge in [0.1, 0.15) is 0 Å². The second-order valence-corrected chi connectivity index (χ2v) is 6.96. The number of anilines is 1. The van der Waals surface area contributed by atoms with E-state index in [9.17, 15) is 4.79 Å². The summed E-state index contributed by atoms with van der Waals surface area (Å²) < 4.78 is 4.16. The Bertz CT molecular complexity index is 745. The molecule has 1 N–H and O–H groups in total. The van der Waals surface area contributed by atoms with E-state index in [1.54, 1.807) is 6.20 Å². The summed E-state index contributed by atoms with van der Waals surface area (Å²) in [7, 11) is 0. The molecule has 0 saturated carbocycles. The summed E-state index contributed by atoms with van der Waals surface area (Å²) in [5.74, 6) is 0.517. The number of nitrogens with one attached hydrogen (secondary N) is 1. The van der Waals surface area contributed by atoms with Gasteiger partial charge in [-0.1, -0.05) is 20.8 Å². The van der Waals surface area contributed by atoms with Crippen molar-refractivity contribution in [3.8, 4) is 0 Å². The van der Waals surface area contributed by atoms with Gasteiger partial charge in [0.15, 0.2) is 0 Å². The Morgan fingerprint density at radius 1 is 1.36 bits per heavy atom. The first-order chi connectivity index (χ1) is 12.0. The van der Waals surface area contributed by atoms with Crippen LogP contribution in [0.15, 0.2) is 12.5 Å². The Morgan fingerprint density at radius 2 is 2.16 bits per heavy atom. The van der Waals surface area contributed by atoms with Crippen LogP contribution in [0.4, 0.5) is 10.5 Å². The third-order valence-electron chi connectivity index (χ3n) is 4.68. The lowest BCUT2D eigenvalue weighted by atomic mass is 10.1. The molecule has 7 nitrogen and oxygen atoms in total. The molecule has 2 aromatic heterocycles. The zero-order valence-corrected chi connectivity index (χ0v) is 15.6. The molecule has 25 heavy (non-hydrogen) atoms. The maximum atomic E-state index is 12.7. The smallest absolute Gasteiger partial charge is 0.322 e. The number of fused-ring (bicyclic) bond motifs is 1. The number of carbonyl (C=O) groups is 1. The molecule has 1 aliphatic heterocycles. The van der Waals surface area contributed by atoms with Crippen LogP contribution in [0.25, 0.3) is 0 Å². The molecule has 0 bridgehead atoms. The monoisotopic (exact) mass is 344 g/mol. The van der Waals surface area contributed by atoms with E-state index >= 15 is 0 Å². The molecule has 3 rings (SSSR count). The van der Waals surface area contributed by atoms with Gasteiger partial charge in [0.2, 0.25) is 0 Å². The SMILES string of the molecule is CCc1c(NC(=O)N2CCc3c(ncn3CC)C2)cnn1CC(C)C. The van der Waals surface area contributed by atoms with Crippen LogP contribution >= 0.6 is 0 Å². The van der Waals surface area contributed by atoms with Crippen LogP contribution in [0.5, 0.6) is 0 Å². The summed E-state index contributed by atoms with van der Waals surface area (Å²) in [5, 5.41) is 7.49. The topological polar surface area (TPSA) is 68.0 Å². The molecule has 3 heterocycles. The second-order valence-electron chi connectivity index (χ2n) is 6.96. The van der Waals surface area contributed by atoms with Gasteiger partial charge < -0.3 is 14.8 Å². The van der Waals surface area contributed by atoms with Gasteiger partial charge in [-0.3, -0.25) is 4.68 Å². The molecular weight excluding hydrogens is 316 g/mol. The van der Waals surface area contributed by atoms with E-state index < -0.39 is 0 Å². The molecule has 0 saturated heterocycles. The van der Waals surface area contributed by atoms with Crippen molar-refractivity contribution in [1.82, 2.24) is 24.2 Å². The van der Waals surface area contributed by atoms with Crippen molar-refractivity contribution in [2.24, 2.45) is 5.92 Å². The van der Waals surface area contributed by atoms with Gasteiger partial charge in [-0.25, -0.2) is 9.78 Å². The molecule has 0 aromatic carbocycles. The van der Waals surface area contributed by atoms with Crippen LogP contribution in [0.1, 0.15) is 44.8 Å². The minimum atomic E-state index is -0.0736. The van der Waals surface area contributed by atoms with Gasteiger partial charge in [-0.2, -0.15) is 5.10 Å². The molecule has 0 fully saturated rings. The average molecular weight is 344 g/mol. The lowest BCUT2D eigenvalue weighted by Crippen LogP contribution is -2.39. The van der Waals surface area contributed by atoms with Crippen LogP contribution in [-0.2, 0) is 32.5 Å². The third kappa shape index (κ3) is 3.55. The number of nitrogens with zero attached hydrogens (tertiary/aromatic N) is 5. The van der Waals surface area contributed by atoms with Crippen molar-refractivity contribution in [2.45, 2.75) is 60.2 Å². The van der Waals surface area contributed by atoms with E-state index in [2.05, 4.69) is 47.7 Å². The highest BCUT2D eigenvalue weighted by molar-refractivity contribution is 5.89. The molecule has 0 aliphatic carbocycles. The molecule has 0 spiro atoms. The van der Waals surface area contributed by atoms with Crippen molar-refractivity contribution in [3.05, 3.63) is 29.6 Å². The van der Waals surface area contributed by atoms with Gasteiger partial charge in [-0.15, -0.1) is 0 Å². The third-order valence-corrected chi connectivity index (χ3v) is 4.68. The first kappa shape index (κ1) is 17.5. The maximum Gasteiger partial charge on any atom is 0.322 e. The fourth-order valence-corrected chi connectivity index (χ4v) is 3.40. The van der Waals surface area contributed by atoms with Crippen molar-refractivity contribution in [1.29, 1.82) is 0 Å². The summed E-state index contributed by atoms with van der Waals surface area (Å²) >= 11 is 0. The molecule has 0 radical (unpaired) electrons. The van der Waals surface area contributed by atoms with Crippen LogP contribution in [0, 0.1) is 5.92 Å². The van der Waals surface area contributed by atoms with Crippen LogP contribution in [0.2, 0.25) is 0 Å². The van der Waals surface area contributed by atoms with Crippen LogP contribution in [0.3, 0.4) is 0 Å². The quantitative estimate of drug-likeness (QED) is 0.907. The first-order valence-electron chi connectivity index (χ1n) is 9.16. The summed E-state index contributed by atoms with van der Waals surface area (Å²) in [6.07, 6.45) is 5.33. The number of urea groups is 1. The number of hydrogen-bond acceptors (Lipinski definition) is 3. The zero-order valence-electron chi connectivity index (χ0n) is 15.6. The Labute approximate surface area is 149 Å². The van der Waals surface area contributed by atoms with Gasteiger partial charge >= 0.3 is 6.03 Å².